The van der Waals surface area contributed by atoms with Gasteiger partial charge in [-0.2, -0.15) is 5.10 Å². The molecule has 5 heteroatoms. The lowest BCUT2D eigenvalue weighted by molar-refractivity contribution is 0.0951. The molecule has 110 valence electrons. The molecule has 0 spiro atoms. The highest BCUT2D eigenvalue weighted by Crippen LogP contribution is 2.22. The molecule has 1 amide bonds. The average molecular weight is 292 g/mol. The molecular weight excluding hydrogens is 276 g/mol. The maximum atomic E-state index is 12.4. The van der Waals surface area contributed by atoms with Gasteiger partial charge in [0.05, 0.1) is 29.7 Å². The SMILES string of the molecule is Cn1ncc(C(=O)NCc2ccccn2)c1-c1ccccc1. The quantitative estimate of drug-likeness (QED) is 0.803. The van der Waals surface area contributed by atoms with Gasteiger partial charge >= 0.3 is 0 Å². The van der Waals surface area contributed by atoms with Crippen molar-refractivity contribution in [1.82, 2.24) is 20.1 Å². The van der Waals surface area contributed by atoms with Crippen molar-refractivity contribution in [3.05, 3.63) is 72.2 Å². The summed E-state index contributed by atoms with van der Waals surface area (Å²) in [5.74, 6) is -0.155. The number of carbonyl (C=O) groups is 1. The predicted molar refractivity (Wildman–Crippen MR) is 84.1 cm³/mol. The summed E-state index contributed by atoms with van der Waals surface area (Å²) in [4.78, 5) is 16.6. The lowest BCUT2D eigenvalue weighted by atomic mass is 10.1. The minimum atomic E-state index is -0.155. The van der Waals surface area contributed by atoms with Crippen LogP contribution in [-0.2, 0) is 13.6 Å². The summed E-state index contributed by atoms with van der Waals surface area (Å²) in [6.07, 6.45) is 3.30. The molecule has 0 aliphatic heterocycles. The van der Waals surface area contributed by atoms with Crippen LogP contribution in [0.5, 0.6) is 0 Å². The average Bonchev–Trinajstić information content (AvgIpc) is 2.96. The van der Waals surface area contributed by atoms with E-state index in [1.807, 2.05) is 55.6 Å². The smallest absolute Gasteiger partial charge is 0.255 e. The molecule has 0 aliphatic rings. The van der Waals surface area contributed by atoms with Crippen molar-refractivity contribution < 1.29 is 4.79 Å². The van der Waals surface area contributed by atoms with Gasteiger partial charge in [-0.15, -0.1) is 0 Å². The molecule has 22 heavy (non-hydrogen) atoms. The van der Waals surface area contributed by atoms with Crippen LogP contribution in [0.3, 0.4) is 0 Å². The highest BCUT2D eigenvalue weighted by Gasteiger charge is 2.17. The number of nitrogens with zero attached hydrogens (tertiary/aromatic N) is 3. The molecule has 3 rings (SSSR count). The van der Waals surface area contributed by atoms with E-state index in [1.165, 1.54) is 0 Å². The largest absolute Gasteiger partial charge is 0.346 e. The molecule has 0 unspecified atom stereocenters. The van der Waals surface area contributed by atoms with Gasteiger partial charge in [0.25, 0.3) is 5.91 Å². The van der Waals surface area contributed by atoms with Crippen LogP contribution in [0.2, 0.25) is 0 Å². The third-order valence-electron chi connectivity index (χ3n) is 3.39. The van der Waals surface area contributed by atoms with E-state index in [0.29, 0.717) is 12.1 Å². The highest BCUT2D eigenvalue weighted by molar-refractivity contribution is 5.99. The topological polar surface area (TPSA) is 59.8 Å². The van der Waals surface area contributed by atoms with Crippen LogP contribution in [0.25, 0.3) is 11.3 Å². The maximum absolute atomic E-state index is 12.4. The molecule has 0 radical (unpaired) electrons. The summed E-state index contributed by atoms with van der Waals surface area (Å²) < 4.78 is 1.71. The lowest BCUT2D eigenvalue weighted by Gasteiger charge is -2.07. The number of pyridine rings is 1. The predicted octanol–water partition coefficient (Wildman–Crippen LogP) is 2.41. The van der Waals surface area contributed by atoms with Crippen molar-refractivity contribution in [3.63, 3.8) is 0 Å². The fourth-order valence-electron chi connectivity index (χ4n) is 2.31. The molecule has 5 nitrogen and oxygen atoms in total. The highest BCUT2D eigenvalue weighted by atomic mass is 16.1. The second kappa shape index (κ2) is 6.22. The fourth-order valence-corrected chi connectivity index (χ4v) is 2.31. The van der Waals surface area contributed by atoms with Crippen LogP contribution >= 0.6 is 0 Å². The zero-order chi connectivity index (χ0) is 15.4. The summed E-state index contributed by atoms with van der Waals surface area (Å²) in [7, 11) is 1.83. The molecule has 1 N–H and O–H groups in total. The number of hydrogen-bond acceptors (Lipinski definition) is 3. The summed E-state index contributed by atoms with van der Waals surface area (Å²) in [5, 5.41) is 7.09. The van der Waals surface area contributed by atoms with Gasteiger partial charge in [0, 0.05) is 18.8 Å². The molecule has 1 aromatic carbocycles. The Kier molecular flexibility index (Phi) is 3.96. The molecule has 0 aliphatic carbocycles. The molecule has 0 saturated carbocycles. The molecule has 2 heterocycles. The first-order valence-electron chi connectivity index (χ1n) is 7.01. The Bertz CT molecular complexity index is 766. The molecule has 0 atom stereocenters. The summed E-state index contributed by atoms with van der Waals surface area (Å²) >= 11 is 0. The van der Waals surface area contributed by atoms with Gasteiger partial charge in [0.1, 0.15) is 0 Å². The first-order valence-corrected chi connectivity index (χ1v) is 7.01. The minimum absolute atomic E-state index is 0.155. The molecule has 0 bridgehead atoms. The second-order valence-corrected chi connectivity index (χ2v) is 4.90. The standard InChI is InChI=1S/C17H16N4O/c1-21-16(13-7-3-2-4-8-13)15(12-20-21)17(22)19-11-14-9-5-6-10-18-14/h2-10,12H,11H2,1H3,(H,19,22). The van der Waals surface area contributed by atoms with E-state index in [-0.39, 0.29) is 5.91 Å². The number of hydrogen-bond donors (Lipinski definition) is 1. The second-order valence-electron chi connectivity index (χ2n) is 4.90. The van der Waals surface area contributed by atoms with Crippen LogP contribution in [0, 0.1) is 0 Å². The first-order chi connectivity index (χ1) is 10.8. The van der Waals surface area contributed by atoms with Crippen LogP contribution < -0.4 is 5.32 Å². The van der Waals surface area contributed by atoms with Gasteiger partial charge in [-0.25, -0.2) is 0 Å². The van der Waals surface area contributed by atoms with E-state index in [9.17, 15) is 4.79 Å². The number of amides is 1. The Morgan fingerprint density at radius 2 is 1.91 bits per heavy atom. The van der Waals surface area contributed by atoms with E-state index in [2.05, 4.69) is 15.4 Å². The fraction of sp³-hybridized carbons (Fsp3) is 0.118. The number of aryl methyl sites for hydroxylation is 1. The Hall–Kier alpha value is -2.95. The van der Waals surface area contributed by atoms with Crippen LogP contribution in [0.4, 0.5) is 0 Å². The zero-order valence-corrected chi connectivity index (χ0v) is 12.2. The van der Waals surface area contributed by atoms with E-state index in [1.54, 1.807) is 17.1 Å². The number of aromatic nitrogens is 3. The number of benzene rings is 1. The third-order valence-corrected chi connectivity index (χ3v) is 3.39. The Balaban J connectivity index is 1.82. The van der Waals surface area contributed by atoms with E-state index < -0.39 is 0 Å². The summed E-state index contributed by atoms with van der Waals surface area (Å²) in [6, 6.07) is 15.4. The van der Waals surface area contributed by atoms with Crippen molar-refractivity contribution in [1.29, 1.82) is 0 Å². The van der Waals surface area contributed by atoms with Crippen molar-refractivity contribution >= 4 is 5.91 Å². The van der Waals surface area contributed by atoms with E-state index in [4.69, 9.17) is 0 Å². The zero-order valence-electron chi connectivity index (χ0n) is 12.2. The van der Waals surface area contributed by atoms with Gasteiger partial charge in [-0.3, -0.25) is 14.5 Å². The first kappa shape index (κ1) is 14.0. The lowest BCUT2D eigenvalue weighted by Crippen LogP contribution is -2.23. The van der Waals surface area contributed by atoms with Gasteiger partial charge in [-0.05, 0) is 12.1 Å². The molecule has 2 aromatic heterocycles. The monoisotopic (exact) mass is 292 g/mol. The third kappa shape index (κ3) is 2.88. The normalized spacial score (nSPS) is 10.4. The van der Waals surface area contributed by atoms with E-state index >= 15 is 0 Å². The Morgan fingerprint density at radius 3 is 2.64 bits per heavy atom. The van der Waals surface area contributed by atoms with Crippen molar-refractivity contribution in [2.45, 2.75) is 6.54 Å². The Morgan fingerprint density at radius 1 is 1.14 bits per heavy atom. The van der Waals surface area contributed by atoms with E-state index in [0.717, 1.165) is 17.0 Å². The van der Waals surface area contributed by atoms with Crippen molar-refractivity contribution in [3.8, 4) is 11.3 Å². The van der Waals surface area contributed by atoms with Gasteiger partial charge < -0.3 is 5.32 Å². The number of rotatable bonds is 4. The molecule has 0 fully saturated rings. The van der Waals surface area contributed by atoms with Crippen LogP contribution in [0.15, 0.2) is 60.9 Å². The van der Waals surface area contributed by atoms with Gasteiger partial charge in [-0.1, -0.05) is 36.4 Å². The molecule has 3 aromatic rings. The number of carbonyl (C=O) groups excluding carboxylic acids is 1. The van der Waals surface area contributed by atoms with Gasteiger partial charge in [0.15, 0.2) is 0 Å². The summed E-state index contributed by atoms with van der Waals surface area (Å²) in [6.45, 7) is 0.392. The maximum Gasteiger partial charge on any atom is 0.255 e. The van der Waals surface area contributed by atoms with Crippen LogP contribution in [0.1, 0.15) is 16.1 Å². The molecule has 0 saturated heterocycles. The minimum Gasteiger partial charge on any atom is -0.346 e. The van der Waals surface area contributed by atoms with Crippen molar-refractivity contribution in [2.24, 2.45) is 7.05 Å². The summed E-state index contributed by atoms with van der Waals surface area (Å²) in [5.41, 5.74) is 3.15. The van der Waals surface area contributed by atoms with Gasteiger partial charge in [0.2, 0.25) is 0 Å². The van der Waals surface area contributed by atoms with Crippen molar-refractivity contribution in [2.75, 3.05) is 0 Å². The van der Waals surface area contributed by atoms with Crippen LogP contribution in [-0.4, -0.2) is 20.7 Å². The Labute approximate surface area is 128 Å². The molecular formula is C17H16N4O. The number of nitrogens with one attached hydrogen (secondary N) is 1.